The molecule has 0 unspecified atom stereocenters. The van der Waals surface area contributed by atoms with Gasteiger partial charge in [-0.1, -0.05) is 6.92 Å². The van der Waals surface area contributed by atoms with Crippen LogP contribution in [0.15, 0.2) is 16.9 Å². The van der Waals surface area contributed by atoms with Crippen LogP contribution in [-0.4, -0.2) is 30.5 Å². The Bertz CT molecular complexity index is 590. The molecule has 6 nitrogen and oxygen atoms in total. The molecule has 0 amide bonds. The van der Waals surface area contributed by atoms with Crippen molar-refractivity contribution in [1.29, 1.82) is 0 Å². The molecule has 1 heterocycles. The molecule has 1 aromatic rings. The van der Waals surface area contributed by atoms with Crippen LogP contribution >= 0.6 is 0 Å². The second-order valence-electron chi connectivity index (χ2n) is 4.81. The number of hydrogen-bond acceptors (Lipinski definition) is 4. The monoisotopic (exact) mass is 285 g/mol. The quantitative estimate of drug-likeness (QED) is 0.788. The summed E-state index contributed by atoms with van der Waals surface area (Å²) in [6.07, 6.45) is 2.81. The average molecular weight is 285 g/mol. The molecular weight excluding hydrogens is 266 g/mol. The van der Waals surface area contributed by atoms with E-state index in [1.807, 2.05) is 6.92 Å². The van der Waals surface area contributed by atoms with E-state index in [0.29, 0.717) is 12.3 Å². The van der Waals surface area contributed by atoms with E-state index in [1.165, 1.54) is 10.7 Å². The summed E-state index contributed by atoms with van der Waals surface area (Å²) >= 11 is 0. The Morgan fingerprint density at radius 2 is 2.16 bits per heavy atom. The minimum atomic E-state index is -3.22. The van der Waals surface area contributed by atoms with Gasteiger partial charge in [0.2, 0.25) is 10.0 Å². The maximum Gasteiger partial charge on any atom is 0.266 e. The Kier molecular flexibility index (Phi) is 4.36. The standard InChI is InChI=1S/C12H19N3O3S/c1-2-9-19(17,18)13-7-8-15-12(16)6-5-11(14-15)10-3-4-10/h5-6,10,13H,2-4,7-9H2,1H3. The minimum Gasteiger partial charge on any atom is -0.268 e. The fraction of sp³-hybridized carbons (Fsp3) is 0.667. The van der Waals surface area contributed by atoms with Crippen LogP contribution in [0.3, 0.4) is 0 Å². The predicted octanol–water partition coefficient (Wildman–Crippen LogP) is 0.450. The van der Waals surface area contributed by atoms with Crippen LogP contribution in [0.5, 0.6) is 0 Å². The molecule has 0 spiro atoms. The van der Waals surface area contributed by atoms with Crippen molar-refractivity contribution >= 4 is 10.0 Å². The third kappa shape index (κ3) is 4.14. The molecule has 0 aliphatic heterocycles. The zero-order valence-electron chi connectivity index (χ0n) is 11.0. The van der Waals surface area contributed by atoms with Crippen LogP contribution in [0, 0.1) is 0 Å². The molecule has 0 atom stereocenters. The molecule has 7 heteroatoms. The molecule has 0 radical (unpaired) electrons. The Morgan fingerprint density at radius 1 is 1.42 bits per heavy atom. The summed E-state index contributed by atoms with van der Waals surface area (Å²) in [5.74, 6) is 0.584. The van der Waals surface area contributed by atoms with Gasteiger partial charge in [0.25, 0.3) is 5.56 Å². The van der Waals surface area contributed by atoms with Gasteiger partial charge in [0.05, 0.1) is 18.0 Å². The summed E-state index contributed by atoms with van der Waals surface area (Å²) < 4.78 is 26.8. The van der Waals surface area contributed by atoms with Crippen LogP contribution in [-0.2, 0) is 16.6 Å². The molecular formula is C12H19N3O3S. The second kappa shape index (κ2) is 5.83. The number of aromatic nitrogens is 2. The van der Waals surface area contributed by atoms with Crippen molar-refractivity contribution in [3.63, 3.8) is 0 Å². The Labute approximate surface area is 112 Å². The number of sulfonamides is 1. The summed E-state index contributed by atoms with van der Waals surface area (Å²) in [5, 5.41) is 4.27. The van der Waals surface area contributed by atoms with Crippen molar-refractivity contribution in [1.82, 2.24) is 14.5 Å². The van der Waals surface area contributed by atoms with Gasteiger partial charge in [0.1, 0.15) is 0 Å². The lowest BCUT2D eigenvalue weighted by Crippen LogP contribution is -2.33. The van der Waals surface area contributed by atoms with Crippen LogP contribution in [0.4, 0.5) is 0 Å². The molecule has 1 aliphatic rings. The molecule has 106 valence electrons. The van der Waals surface area contributed by atoms with Crippen molar-refractivity contribution in [2.75, 3.05) is 12.3 Å². The topological polar surface area (TPSA) is 81.1 Å². The van der Waals surface area contributed by atoms with Gasteiger partial charge in [0.15, 0.2) is 0 Å². The maximum atomic E-state index is 11.6. The lowest BCUT2D eigenvalue weighted by molar-refractivity contribution is 0.540. The van der Waals surface area contributed by atoms with Crippen molar-refractivity contribution in [2.24, 2.45) is 0 Å². The molecule has 0 aromatic carbocycles. The summed E-state index contributed by atoms with van der Waals surface area (Å²) in [4.78, 5) is 11.6. The van der Waals surface area contributed by atoms with E-state index >= 15 is 0 Å². The molecule has 2 rings (SSSR count). The van der Waals surface area contributed by atoms with Crippen LogP contribution < -0.4 is 10.3 Å². The summed E-state index contributed by atoms with van der Waals surface area (Å²) in [5.41, 5.74) is 0.732. The van der Waals surface area contributed by atoms with E-state index in [4.69, 9.17) is 0 Å². The molecule has 0 bridgehead atoms. The van der Waals surface area contributed by atoms with Crippen LogP contribution in [0.25, 0.3) is 0 Å². The average Bonchev–Trinajstić information content (AvgIpc) is 3.15. The second-order valence-corrected chi connectivity index (χ2v) is 6.73. The first-order chi connectivity index (χ1) is 9.02. The van der Waals surface area contributed by atoms with Gasteiger partial charge in [-0.15, -0.1) is 0 Å². The highest BCUT2D eigenvalue weighted by atomic mass is 32.2. The SMILES string of the molecule is CCCS(=O)(=O)NCCn1nc(C2CC2)ccc1=O. The van der Waals surface area contributed by atoms with Crippen molar-refractivity contribution in [2.45, 2.75) is 38.6 Å². The van der Waals surface area contributed by atoms with Crippen molar-refractivity contribution in [3.05, 3.63) is 28.2 Å². The summed E-state index contributed by atoms with van der Waals surface area (Å²) in [7, 11) is -3.22. The molecule has 19 heavy (non-hydrogen) atoms. The van der Waals surface area contributed by atoms with Gasteiger partial charge in [-0.05, 0) is 25.3 Å². The van der Waals surface area contributed by atoms with Crippen molar-refractivity contribution in [3.8, 4) is 0 Å². The fourth-order valence-corrected chi connectivity index (χ4v) is 2.95. The van der Waals surface area contributed by atoms with Gasteiger partial charge < -0.3 is 0 Å². The first-order valence-corrected chi connectivity index (χ1v) is 8.22. The van der Waals surface area contributed by atoms with Gasteiger partial charge >= 0.3 is 0 Å². The van der Waals surface area contributed by atoms with E-state index in [0.717, 1.165) is 18.5 Å². The number of nitrogens with one attached hydrogen (secondary N) is 1. The molecule has 1 N–H and O–H groups in total. The Morgan fingerprint density at radius 3 is 2.79 bits per heavy atom. The lowest BCUT2D eigenvalue weighted by Gasteiger charge is -2.08. The normalized spacial score (nSPS) is 15.6. The molecule has 1 aromatic heterocycles. The first-order valence-electron chi connectivity index (χ1n) is 6.57. The third-order valence-corrected chi connectivity index (χ3v) is 4.59. The first kappa shape index (κ1) is 14.2. The number of rotatable bonds is 7. The van der Waals surface area contributed by atoms with Crippen molar-refractivity contribution < 1.29 is 8.42 Å². The highest BCUT2D eigenvalue weighted by molar-refractivity contribution is 7.89. The third-order valence-electron chi connectivity index (χ3n) is 3.00. The van der Waals surface area contributed by atoms with Crippen LogP contribution in [0.1, 0.15) is 37.8 Å². The largest absolute Gasteiger partial charge is 0.268 e. The number of hydrogen-bond donors (Lipinski definition) is 1. The zero-order chi connectivity index (χ0) is 13.9. The smallest absolute Gasteiger partial charge is 0.266 e. The van der Waals surface area contributed by atoms with E-state index in [1.54, 1.807) is 6.07 Å². The van der Waals surface area contributed by atoms with E-state index in [9.17, 15) is 13.2 Å². The lowest BCUT2D eigenvalue weighted by atomic mass is 10.3. The van der Waals surface area contributed by atoms with Gasteiger partial charge in [0, 0.05) is 18.5 Å². The fourth-order valence-electron chi connectivity index (χ4n) is 1.87. The summed E-state index contributed by atoms with van der Waals surface area (Å²) in [6, 6.07) is 3.26. The van der Waals surface area contributed by atoms with E-state index in [2.05, 4.69) is 9.82 Å². The molecule has 1 fully saturated rings. The van der Waals surface area contributed by atoms with Gasteiger partial charge in [-0.2, -0.15) is 5.10 Å². The van der Waals surface area contributed by atoms with Gasteiger partial charge in [-0.25, -0.2) is 17.8 Å². The Balaban J connectivity index is 1.95. The minimum absolute atomic E-state index is 0.109. The maximum absolute atomic E-state index is 11.6. The van der Waals surface area contributed by atoms with E-state index in [-0.39, 0.29) is 24.4 Å². The zero-order valence-corrected chi connectivity index (χ0v) is 11.8. The predicted molar refractivity (Wildman–Crippen MR) is 72.6 cm³/mol. The van der Waals surface area contributed by atoms with Crippen LogP contribution in [0.2, 0.25) is 0 Å². The molecule has 0 saturated heterocycles. The van der Waals surface area contributed by atoms with Gasteiger partial charge in [-0.3, -0.25) is 4.79 Å². The highest BCUT2D eigenvalue weighted by Crippen LogP contribution is 2.38. The molecule has 1 saturated carbocycles. The molecule has 1 aliphatic carbocycles. The summed E-state index contributed by atoms with van der Waals surface area (Å²) in [6.45, 7) is 2.27. The van der Waals surface area contributed by atoms with E-state index < -0.39 is 10.0 Å². The number of nitrogens with zero attached hydrogens (tertiary/aromatic N) is 2. The highest BCUT2D eigenvalue weighted by Gasteiger charge is 2.25. The Hall–Kier alpha value is -1.21.